The zero-order chi connectivity index (χ0) is 20.8. The monoisotopic (exact) mass is 394 g/mol. The number of benzene rings is 1. The van der Waals surface area contributed by atoms with Crippen LogP contribution >= 0.6 is 0 Å². The molecular weight excluding hydrogens is 364 g/mol. The number of sulfone groups is 1. The predicted molar refractivity (Wildman–Crippen MR) is 110 cm³/mol. The third-order valence-corrected chi connectivity index (χ3v) is 5.41. The molecule has 0 aliphatic heterocycles. The van der Waals surface area contributed by atoms with E-state index in [9.17, 15) is 13.5 Å². The zero-order valence-corrected chi connectivity index (χ0v) is 17.3. The molecule has 1 aromatic rings. The highest BCUT2D eigenvalue weighted by atomic mass is 32.2. The van der Waals surface area contributed by atoms with Gasteiger partial charge < -0.3 is 16.6 Å². The highest BCUT2D eigenvalue weighted by Gasteiger charge is 2.25. The number of aliphatic hydroxyl groups is 1. The number of nitrogens with zero attached hydrogens (tertiary/aromatic N) is 2. The van der Waals surface area contributed by atoms with Gasteiger partial charge in [-0.2, -0.15) is 4.99 Å². The lowest BCUT2D eigenvalue weighted by molar-refractivity contribution is 0.190. The second-order valence-corrected chi connectivity index (χ2v) is 9.40. The first-order chi connectivity index (χ1) is 12.4. The van der Waals surface area contributed by atoms with Crippen LogP contribution in [0.25, 0.3) is 0 Å². The molecule has 1 atom stereocenters. The Kier molecular flexibility index (Phi) is 7.74. The van der Waals surface area contributed by atoms with Gasteiger partial charge >= 0.3 is 0 Å². The Morgan fingerprint density at radius 2 is 1.89 bits per heavy atom. The summed E-state index contributed by atoms with van der Waals surface area (Å²) >= 11 is 0. The zero-order valence-electron chi connectivity index (χ0n) is 16.4. The van der Waals surface area contributed by atoms with E-state index >= 15 is 0 Å². The molecule has 2 rings (SSSR count). The Balaban J connectivity index is 0.000000511. The highest BCUT2D eigenvalue weighted by Crippen LogP contribution is 2.38. The van der Waals surface area contributed by atoms with Crippen molar-refractivity contribution in [3.63, 3.8) is 0 Å². The van der Waals surface area contributed by atoms with Crippen LogP contribution in [0.3, 0.4) is 0 Å². The Morgan fingerprint density at radius 1 is 1.33 bits per heavy atom. The van der Waals surface area contributed by atoms with Crippen molar-refractivity contribution in [2.24, 2.45) is 26.9 Å². The summed E-state index contributed by atoms with van der Waals surface area (Å²) in [5.74, 6) is -0.164. The van der Waals surface area contributed by atoms with Crippen LogP contribution in [-0.4, -0.2) is 31.6 Å². The van der Waals surface area contributed by atoms with Crippen LogP contribution in [0.5, 0.6) is 0 Å². The maximum Gasteiger partial charge on any atom is 0.192 e. The summed E-state index contributed by atoms with van der Waals surface area (Å²) in [6.45, 7) is 9.66. The lowest BCUT2D eigenvalue weighted by atomic mass is 9.72. The number of hydrogen-bond acceptors (Lipinski definition) is 4. The number of guanidine groups is 1. The van der Waals surface area contributed by atoms with E-state index in [-0.39, 0.29) is 16.7 Å². The smallest absolute Gasteiger partial charge is 0.192 e. The van der Waals surface area contributed by atoms with Crippen molar-refractivity contribution < 1.29 is 13.5 Å². The summed E-state index contributed by atoms with van der Waals surface area (Å²) in [4.78, 5) is 7.85. The fourth-order valence-corrected chi connectivity index (χ4v) is 3.22. The van der Waals surface area contributed by atoms with Crippen molar-refractivity contribution in [2.75, 3.05) is 6.26 Å². The van der Waals surface area contributed by atoms with Crippen LogP contribution in [0.4, 0.5) is 0 Å². The summed E-state index contributed by atoms with van der Waals surface area (Å²) in [7, 11) is -3.42. The molecule has 27 heavy (non-hydrogen) atoms. The molecule has 7 nitrogen and oxygen atoms in total. The van der Waals surface area contributed by atoms with Crippen molar-refractivity contribution in [3.8, 4) is 0 Å². The van der Waals surface area contributed by atoms with Gasteiger partial charge in [0.05, 0.1) is 11.0 Å². The Hall–Kier alpha value is -2.19. The van der Waals surface area contributed by atoms with E-state index in [2.05, 4.69) is 30.4 Å². The topological polar surface area (TPSA) is 131 Å². The van der Waals surface area contributed by atoms with E-state index in [4.69, 9.17) is 11.5 Å². The van der Waals surface area contributed by atoms with Gasteiger partial charge in [-0.3, -0.25) is 0 Å². The van der Waals surface area contributed by atoms with Gasteiger partial charge in [0.2, 0.25) is 0 Å². The highest BCUT2D eigenvalue weighted by molar-refractivity contribution is 7.90. The maximum atomic E-state index is 11.7. The SMILES string of the molecule is C=CN=C(N=C(N)N)c1cc(S(C)(=O)=O)ccc1C(C)O.CC1(C)CCC1. The van der Waals surface area contributed by atoms with E-state index in [0.29, 0.717) is 11.1 Å². The van der Waals surface area contributed by atoms with Gasteiger partial charge in [-0.05, 0) is 42.9 Å². The van der Waals surface area contributed by atoms with Gasteiger partial charge in [-0.25, -0.2) is 13.4 Å². The normalized spacial score (nSPS) is 17.0. The molecule has 1 aliphatic carbocycles. The standard InChI is InChI=1S/C13H18N4O3S.C6H12/c1-4-16-12(17-13(14)15)11-7-9(21(3,19)20)5-6-10(11)8(2)18;1-6(2)4-3-5-6/h4-8,18H,1H2,2-3H3,(H4,14,15,16,17);3-5H2,1-2H3. The lowest BCUT2D eigenvalue weighted by Crippen LogP contribution is -2.25. The van der Waals surface area contributed by atoms with Gasteiger partial charge in [0.15, 0.2) is 21.6 Å². The predicted octanol–water partition coefficient (Wildman–Crippen LogP) is 2.50. The fraction of sp³-hybridized carbons (Fsp3) is 0.474. The molecule has 0 heterocycles. The molecule has 0 amide bonds. The Labute approximate surface area is 161 Å². The Morgan fingerprint density at radius 3 is 2.22 bits per heavy atom. The number of rotatable bonds is 4. The quantitative estimate of drug-likeness (QED) is 0.533. The van der Waals surface area contributed by atoms with Crippen LogP contribution in [0.15, 0.2) is 45.9 Å². The second kappa shape index (κ2) is 9.14. The molecule has 1 aliphatic rings. The van der Waals surface area contributed by atoms with Crippen molar-refractivity contribution in [1.82, 2.24) is 0 Å². The van der Waals surface area contributed by atoms with Gasteiger partial charge in [0.1, 0.15) is 0 Å². The number of nitrogens with two attached hydrogens (primary N) is 2. The molecule has 0 radical (unpaired) electrons. The summed E-state index contributed by atoms with van der Waals surface area (Å²) < 4.78 is 23.3. The van der Waals surface area contributed by atoms with Crippen LogP contribution in [0.1, 0.15) is 57.3 Å². The summed E-state index contributed by atoms with van der Waals surface area (Å²) in [6.07, 6.45) is 5.82. The third-order valence-electron chi connectivity index (χ3n) is 4.30. The van der Waals surface area contributed by atoms with Crippen molar-refractivity contribution >= 4 is 21.6 Å². The molecule has 5 N–H and O–H groups in total. The Bertz CT molecular complexity index is 831. The average molecular weight is 395 g/mol. The van der Waals surface area contributed by atoms with Gasteiger partial charge in [0, 0.05) is 18.0 Å². The molecule has 1 saturated carbocycles. The number of hydrogen-bond donors (Lipinski definition) is 3. The molecule has 1 unspecified atom stereocenters. The van der Waals surface area contributed by atoms with E-state index in [0.717, 1.165) is 11.7 Å². The van der Waals surface area contributed by atoms with Crippen LogP contribution < -0.4 is 11.5 Å². The molecule has 150 valence electrons. The minimum atomic E-state index is -3.42. The summed E-state index contributed by atoms with van der Waals surface area (Å²) in [5, 5.41) is 9.81. The molecule has 1 fully saturated rings. The second-order valence-electron chi connectivity index (χ2n) is 7.39. The third kappa shape index (κ3) is 7.15. The van der Waals surface area contributed by atoms with Crippen molar-refractivity contribution in [1.29, 1.82) is 0 Å². The van der Waals surface area contributed by atoms with Crippen LogP contribution in [0.2, 0.25) is 0 Å². The molecule has 1 aromatic carbocycles. The molecule has 0 spiro atoms. The first-order valence-electron chi connectivity index (χ1n) is 8.68. The molecule has 8 heteroatoms. The minimum absolute atomic E-state index is 0.0736. The van der Waals surface area contributed by atoms with Gasteiger partial charge in [-0.1, -0.05) is 32.9 Å². The van der Waals surface area contributed by atoms with E-state index in [1.807, 2.05) is 0 Å². The van der Waals surface area contributed by atoms with Crippen LogP contribution in [-0.2, 0) is 9.84 Å². The first kappa shape index (κ1) is 22.9. The summed E-state index contributed by atoms with van der Waals surface area (Å²) in [5.41, 5.74) is 12.2. The number of aliphatic hydroxyl groups excluding tert-OH is 1. The number of aliphatic imine (C=N–C) groups is 2. The minimum Gasteiger partial charge on any atom is -0.389 e. The van der Waals surface area contributed by atoms with E-state index in [1.54, 1.807) is 6.92 Å². The lowest BCUT2D eigenvalue weighted by Gasteiger charge is -2.33. The fourth-order valence-electron chi connectivity index (χ4n) is 2.58. The van der Waals surface area contributed by atoms with Crippen molar-refractivity contribution in [3.05, 3.63) is 42.1 Å². The number of amidine groups is 1. The molecule has 0 saturated heterocycles. The molecular formula is C19H30N4O3S. The maximum absolute atomic E-state index is 11.7. The van der Waals surface area contributed by atoms with E-state index < -0.39 is 15.9 Å². The first-order valence-corrected chi connectivity index (χ1v) is 10.6. The van der Waals surface area contributed by atoms with Crippen molar-refractivity contribution in [2.45, 2.75) is 51.0 Å². The van der Waals surface area contributed by atoms with Crippen LogP contribution in [0, 0.1) is 5.41 Å². The molecule has 0 bridgehead atoms. The average Bonchev–Trinajstić information content (AvgIpc) is 2.52. The largest absolute Gasteiger partial charge is 0.389 e. The molecule has 0 aromatic heterocycles. The van der Waals surface area contributed by atoms with Gasteiger partial charge in [-0.15, -0.1) is 0 Å². The summed E-state index contributed by atoms with van der Waals surface area (Å²) in [6, 6.07) is 4.27. The van der Waals surface area contributed by atoms with E-state index in [1.165, 1.54) is 43.7 Å². The van der Waals surface area contributed by atoms with Gasteiger partial charge in [0.25, 0.3) is 0 Å².